The summed E-state index contributed by atoms with van der Waals surface area (Å²) in [5.74, 6) is 1.38. The SMILES string of the molecule is Cc1cccc(-c2nc3c(c(SCCO)n2)COC(C)(C)C3)c1. The molecule has 2 heterocycles. The minimum absolute atomic E-state index is 0.134. The lowest BCUT2D eigenvalue weighted by Crippen LogP contribution is -2.33. The molecule has 0 saturated heterocycles. The Balaban J connectivity index is 2.07. The maximum Gasteiger partial charge on any atom is 0.160 e. The predicted molar refractivity (Wildman–Crippen MR) is 92.6 cm³/mol. The molecule has 1 aromatic carbocycles. The van der Waals surface area contributed by atoms with Crippen molar-refractivity contribution < 1.29 is 9.84 Å². The maximum absolute atomic E-state index is 9.14. The van der Waals surface area contributed by atoms with Crippen molar-refractivity contribution in [1.82, 2.24) is 9.97 Å². The van der Waals surface area contributed by atoms with Crippen LogP contribution in [0.15, 0.2) is 29.3 Å². The number of fused-ring (bicyclic) bond motifs is 1. The van der Waals surface area contributed by atoms with E-state index in [1.807, 2.05) is 12.1 Å². The number of aryl methyl sites for hydroxylation is 1. The minimum atomic E-state index is -0.204. The van der Waals surface area contributed by atoms with Gasteiger partial charge >= 0.3 is 0 Å². The van der Waals surface area contributed by atoms with Crippen molar-refractivity contribution in [3.8, 4) is 11.4 Å². The molecule has 0 aliphatic carbocycles. The lowest BCUT2D eigenvalue weighted by atomic mass is 9.96. The van der Waals surface area contributed by atoms with Crippen LogP contribution in [0.5, 0.6) is 0 Å². The number of benzene rings is 1. The van der Waals surface area contributed by atoms with Crippen LogP contribution in [0, 0.1) is 6.92 Å². The van der Waals surface area contributed by atoms with E-state index in [0.29, 0.717) is 12.4 Å². The summed E-state index contributed by atoms with van der Waals surface area (Å²) in [7, 11) is 0. The second kappa shape index (κ2) is 6.59. The van der Waals surface area contributed by atoms with Gasteiger partial charge in [0.15, 0.2) is 5.82 Å². The Morgan fingerprint density at radius 1 is 1.30 bits per heavy atom. The monoisotopic (exact) mass is 330 g/mol. The van der Waals surface area contributed by atoms with E-state index < -0.39 is 0 Å². The van der Waals surface area contributed by atoms with Crippen LogP contribution in [-0.2, 0) is 17.8 Å². The fraction of sp³-hybridized carbons (Fsp3) is 0.444. The van der Waals surface area contributed by atoms with Gasteiger partial charge in [-0.15, -0.1) is 11.8 Å². The summed E-state index contributed by atoms with van der Waals surface area (Å²) in [6.07, 6.45) is 0.774. The van der Waals surface area contributed by atoms with Gasteiger partial charge < -0.3 is 9.84 Å². The van der Waals surface area contributed by atoms with Crippen molar-refractivity contribution in [3.63, 3.8) is 0 Å². The average molecular weight is 330 g/mol. The summed E-state index contributed by atoms with van der Waals surface area (Å²) < 4.78 is 5.92. The molecule has 0 amide bonds. The van der Waals surface area contributed by atoms with Crippen LogP contribution in [0.1, 0.15) is 30.7 Å². The third kappa shape index (κ3) is 3.74. The molecule has 2 aromatic rings. The zero-order chi connectivity index (χ0) is 16.4. The van der Waals surface area contributed by atoms with Crippen molar-refractivity contribution in [2.24, 2.45) is 0 Å². The summed E-state index contributed by atoms with van der Waals surface area (Å²) in [4.78, 5) is 9.57. The van der Waals surface area contributed by atoms with Gasteiger partial charge in [0.2, 0.25) is 0 Å². The Morgan fingerprint density at radius 3 is 2.87 bits per heavy atom. The molecular formula is C18H22N2O2S. The van der Waals surface area contributed by atoms with Gasteiger partial charge in [-0.2, -0.15) is 0 Å². The second-order valence-electron chi connectivity index (χ2n) is 6.44. The first-order valence-electron chi connectivity index (χ1n) is 7.83. The summed E-state index contributed by atoms with van der Waals surface area (Å²) >= 11 is 1.57. The number of aromatic nitrogens is 2. The first-order valence-corrected chi connectivity index (χ1v) is 8.81. The van der Waals surface area contributed by atoms with E-state index in [-0.39, 0.29) is 12.2 Å². The van der Waals surface area contributed by atoms with Crippen molar-refractivity contribution in [1.29, 1.82) is 0 Å². The smallest absolute Gasteiger partial charge is 0.160 e. The third-order valence-electron chi connectivity index (χ3n) is 3.86. The molecule has 0 radical (unpaired) electrons. The quantitative estimate of drug-likeness (QED) is 0.688. The highest BCUT2D eigenvalue weighted by Crippen LogP contribution is 2.33. The lowest BCUT2D eigenvalue weighted by Gasteiger charge is -2.32. The van der Waals surface area contributed by atoms with Gasteiger partial charge in [-0.3, -0.25) is 0 Å². The van der Waals surface area contributed by atoms with Gasteiger partial charge in [0.25, 0.3) is 0 Å². The molecule has 1 N–H and O–H groups in total. The molecule has 0 bridgehead atoms. The molecule has 23 heavy (non-hydrogen) atoms. The lowest BCUT2D eigenvalue weighted by molar-refractivity contribution is -0.0428. The van der Waals surface area contributed by atoms with Crippen molar-refractivity contribution in [2.75, 3.05) is 12.4 Å². The predicted octanol–water partition coefficient (Wildman–Crippen LogP) is 3.39. The molecule has 3 rings (SSSR count). The maximum atomic E-state index is 9.14. The topological polar surface area (TPSA) is 55.2 Å². The highest BCUT2D eigenvalue weighted by molar-refractivity contribution is 7.99. The number of thioether (sulfide) groups is 1. The molecule has 122 valence electrons. The Kier molecular flexibility index (Phi) is 4.71. The third-order valence-corrected chi connectivity index (χ3v) is 4.86. The fourth-order valence-electron chi connectivity index (χ4n) is 2.70. The summed E-state index contributed by atoms with van der Waals surface area (Å²) in [5, 5.41) is 10.1. The fourth-order valence-corrected chi connectivity index (χ4v) is 3.48. The number of hydrogen-bond donors (Lipinski definition) is 1. The molecule has 4 nitrogen and oxygen atoms in total. The minimum Gasteiger partial charge on any atom is -0.396 e. The van der Waals surface area contributed by atoms with Crippen LogP contribution in [-0.4, -0.2) is 33.0 Å². The number of ether oxygens (including phenoxy) is 1. The summed E-state index contributed by atoms with van der Waals surface area (Å²) in [5.41, 5.74) is 4.15. The van der Waals surface area contributed by atoms with Gasteiger partial charge in [0, 0.05) is 23.3 Å². The Labute approximate surface area is 141 Å². The molecule has 0 unspecified atom stereocenters. The van der Waals surface area contributed by atoms with Crippen LogP contribution in [0.2, 0.25) is 0 Å². The van der Waals surface area contributed by atoms with E-state index >= 15 is 0 Å². The van der Waals surface area contributed by atoms with Crippen molar-refractivity contribution in [2.45, 2.75) is 44.4 Å². The standard InChI is InChI=1S/C18H22N2O2S/c1-12-5-4-6-13(9-12)16-19-15-10-18(2,3)22-11-14(15)17(20-16)23-8-7-21/h4-6,9,21H,7-8,10-11H2,1-3H3. The number of nitrogens with zero attached hydrogens (tertiary/aromatic N) is 2. The summed E-state index contributed by atoms with van der Waals surface area (Å²) in [6, 6.07) is 8.24. The van der Waals surface area contributed by atoms with Crippen LogP contribution in [0.25, 0.3) is 11.4 Å². The molecule has 1 aliphatic heterocycles. The number of aliphatic hydroxyl groups excluding tert-OH is 1. The largest absolute Gasteiger partial charge is 0.396 e. The van der Waals surface area contributed by atoms with E-state index in [9.17, 15) is 0 Å². The van der Waals surface area contributed by atoms with E-state index in [2.05, 4.69) is 32.9 Å². The van der Waals surface area contributed by atoms with Crippen molar-refractivity contribution in [3.05, 3.63) is 41.1 Å². The first-order chi connectivity index (χ1) is 11.0. The number of rotatable bonds is 4. The molecule has 0 spiro atoms. The van der Waals surface area contributed by atoms with E-state index in [1.54, 1.807) is 11.8 Å². The highest BCUT2D eigenvalue weighted by atomic mass is 32.2. The van der Waals surface area contributed by atoms with Crippen molar-refractivity contribution >= 4 is 11.8 Å². The number of hydrogen-bond acceptors (Lipinski definition) is 5. The highest BCUT2D eigenvalue weighted by Gasteiger charge is 2.30. The van der Waals surface area contributed by atoms with Gasteiger partial charge in [-0.05, 0) is 26.8 Å². The normalized spacial score (nSPS) is 16.2. The molecule has 1 aliphatic rings. The Bertz CT molecular complexity index is 716. The van der Waals surface area contributed by atoms with Gasteiger partial charge in [0.05, 0.1) is 24.5 Å². The summed E-state index contributed by atoms with van der Waals surface area (Å²) in [6.45, 7) is 6.91. The molecule has 5 heteroatoms. The number of aliphatic hydroxyl groups is 1. The molecule has 1 aromatic heterocycles. The average Bonchev–Trinajstić information content (AvgIpc) is 2.51. The van der Waals surface area contributed by atoms with E-state index in [4.69, 9.17) is 19.8 Å². The van der Waals surface area contributed by atoms with Gasteiger partial charge in [0.1, 0.15) is 5.03 Å². The molecule has 0 saturated carbocycles. The van der Waals surface area contributed by atoms with E-state index in [0.717, 1.165) is 34.1 Å². The molecular weight excluding hydrogens is 308 g/mol. The van der Waals surface area contributed by atoms with Gasteiger partial charge in [-0.1, -0.05) is 23.8 Å². The first kappa shape index (κ1) is 16.4. The Hall–Kier alpha value is -1.43. The van der Waals surface area contributed by atoms with Crippen LogP contribution in [0.4, 0.5) is 0 Å². The van der Waals surface area contributed by atoms with Crippen LogP contribution in [0.3, 0.4) is 0 Å². The zero-order valence-corrected chi connectivity index (χ0v) is 14.6. The Morgan fingerprint density at radius 2 is 2.13 bits per heavy atom. The zero-order valence-electron chi connectivity index (χ0n) is 13.8. The van der Waals surface area contributed by atoms with Crippen LogP contribution >= 0.6 is 11.8 Å². The molecule has 0 atom stereocenters. The molecule has 0 fully saturated rings. The van der Waals surface area contributed by atoms with Gasteiger partial charge in [-0.25, -0.2) is 9.97 Å². The van der Waals surface area contributed by atoms with Crippen LogP contribution < -0.4 is 0 Å². The second-order valence-corrected chi connectivity index (χ2v) is 7.53. The van der Waals surface area contributed by atoms with E-state index in [1.165, 1.54) is 5.56 Å².